The highest BCUT2D eigenvalue weighted by molar-refractivity contribution is 8.15. The molecule has 8 heteroatoms. The van der Waals surface area contributed by atoms with Gasteiger partial charge >= 0.3 is 0 Å². The van der Waals surface area contributed by atoms with Crippen molar-refractivity contribution in [1.82, 2.24) is 10.5 Å². The third-order valence-electron chi connectivity index (χ3n) is 4.76. The van der Waals surface area contributed by atoms with Gasteiger partial charge in [-0.2, -0.15) is 0 Å². The van der Waals surface area contributed by atoms with Crippen molar-refractivity contribution in [2.24, 2.45) is 0 Å². The van der Waals surface area contributed by atoms with E-state index in [-0.39, 0.29) is 17.1 Å². The van der Waals surface area contributed by atoms with E-state index in [2.05, 4.69) is 15.8 Å². The lowest BCUT2D eigenvalue weighted by atomic mass is 10.1. The summed E-state index contributed by atoms with van der Waals surface area (Å²) in [5.41, 5.74) is 3.86. The maximum absolute atomic E-state index is 12.4. The molecule has 1 atom stereocenters. The maximum Gasteiger partial charge on any atom is 0.286 e. The zero-order valence-corrected chi connectivity index (χ0v) is 17.4. The van der Waals surface area contributed by atoms with Crippen LogP contribution in [0.15, 0.2) is 65.2 Å². The van der Waals surface area contributed by atoms with Gasteiger partial charge < -0.3 is 9.84 Å². The molecule has 2 N–H and O–H groups in total. The molecule has 1 saturated heterocycles. The zero-order valence-electron chi connectivity index (χ0n) is 16.6. The number of nitrogens with zero attached hydrogens (tertiary/aromatic N) is 1. The molecule has 1 aromatic heterocycles. The van der Waals surface area contributed by atoms with Crippen LogP contribution in [-0.2, 0) is 16.0 Å². The summed E-state index contributed by atoms with van der Waals surface area (Å²) >= 11 is 0.998. The number of carbonyl (C=O) groups excluding carboxylic acids is 3. The second-order valence-corrected chi connectivity index (χ2v) is 8.16. The molecule has 1 unspecified atom stereocenters. The minimum atomic E-state index is -0.415. The third-order valence-corrected chi connectivity index (χ3v) is 5.74. The van der Waals surface area contributed by atoms with E-state index in [1.165, 1.54) is 6.08 Å². The zero-order chi connectivity index (χ0) is 21.8. The fourth-order valence-electron chi connectivity index (χ4n) is 3.18. The Morgan fingerprint density at radius 2 is 1.90 bits per heavy atom. The Morgan fingerprint density at radius 1 is 1.16 bits per heavy atom. The molecule has 0 bridgehead atoms. The summed E-state index contributed by atoms with van der Waals surface area (Å²) < 4.78 is 5.43. The average Bonchev–Trinajstić information content (AvgIpc) is 3.29. The molecule has 0 spiro atoms. The number of hydrogen-bond acceptors (Lipinski definition) is 6. The normalized spacial score (nSPS) is 16.0. The lowest BCUT2D eigenvalue weighted by Crippen LogP contribution is -2.25. The molecular weight excluding hydrogens is 414 g/mol. The number of rotatable bonds is 6. The number of thioether (sulfide) groups is 1. The maximum atomic E-state index is 12.4. The van der Waals surface area contributed by atoms with Crippen LogP contribution in [0.4, 0.5) is 10.5 Å². The first-order valence-electron chi connectivity index (χ1n) is 9.61. The van der Waals surface area contributed by atoms with Crippen molar-refractivity contribution in [3.8, 4) is 11.3 Å². The fourth-order valence-corrected chi connectivity index (χ4v) is 4.04. The van der Waals surface area contributed by atoms with E-state index in [4.69, 9.17) is 4.52 Å². The van der Waals surface area contributed by atoms with Gasteiger partial charge in [0, 0.05) is 22.9 Å². The smallest absolute Gasteiger partial charge is 0.286 e. The van der Waals surface area contributed by atoms with Crippen LogP contribution in [0.1, 0.15) is 16.8 Å². The quantitative estimate of drug-likeness (QED) is 0.565. The summed E-state index contributed by atoms with van der Waals surface area (Å²) in [7, 11) is 0. The number of imide groups is 1. The first kappa shape index (κ1) is 20.6. The highest BCUT2D eigenvalue weighted by atomic mass is 32.2. The number of aryl methyl sites for hydroxylation is 1. The highest BCUT2D eigenvalue weighted by Gasteiger charge is 2.31. The van der Waals surface area contributed by atoms with Crippen molar-refractivity contribution in [2.75, 3.05) is 5.32 Å². The van der Waals surface area contributed by atoms with Crippen LogP contribution in [0.2, 0.25) is 0 Å². The Bertz CT molecular complexity index is 1150. The summed E-state index contributed by atoms with van der Waals surface area (Å²) in [4.78, 5) is 35.3. The van der Waals surface area contributed by atoms with Crippen molar-refractivity contribution < 1.29 is 18.9 Å². The largest absolute Gasteiger partial charge is 0.355 e. The van der Waals surface area contributed by atoms with Gasteiger partial charge in [0.2, 0.25) is 11.8 Å². The summed E-state index contributed by atoms with van der Waals surface area (Å²) in [6.45, 7) is 1.82. The lowest BCUT2D eigenvalue weighted by Gasteiger charge is -2.07. The average molecular weight is 433 g/mol. The molecule has 2 aromatic carbocycles. The third kappa shape index (κ3) is 4.92. The van der Waals surface area contributed by atoms with Crippen LogP contribution >= 0.6 is 11.8 Å². The molecule has 0 saturated carbocycles. The lowest BCUT2D eigenvalue weighted by molar-refractivity contribution is -0.119. The van der Waals surface area contributed by atoms with Gasteiger partial charge in [-0.3, -0.25) is 19.7 Å². The Hall–Kier alpha value is -3.65. The predicted molar refractivity (Wildman–Crippen MR) is 119 cm³/mol. The first-order chi connectivity index (χ1) is 15.0. The molecule has 2 heterocycles. The fraction of sp³-hybridized carbons (Fsp3) is 0.130. The van der Waals surface area contributed by atoms with E-state index in [9.17, 15) is 14.4 Å². The molecule has 1 aliphatic rings. The van der Waals surface area contributed by atoms with E-state index >= 15 is 0 Å². The standard InChI is InChI=1S/C23H19N3O4S/c1-14-18(21(30-26-14)16-5-3-2-4-6-16)11-12-20(27)24-17-9-7-15(8-10-17)13-19-22(28)25-23(29)31-19/h2-12,19H,13H2,1H3,(H,24,27)(H,25,28,29)/b12-11+. The summed E-state index contributed by atoms with van der Waals surface area (Å²) in [5.74, 6) is 0.0545. The van der Waals surface area contributed by atoms with E-state index in [0.29, 0.717) is 23.6 Å². The topological polar surface area (TPSA) is 101 Å². The molecule has 7 nitrogen and oxygen atoms in total. The summed E-state index contributed by atoms with van der Waals surface area (Å²) in [6, 6.07) is 16.8. The number of amides is 3. The van der Waals surface area contributed by atoms with Gasteiger partial charge in [0.15, 0.2) is 5.76 Å². The van der Waals surface area contributed by atoms with Crippen LogP contribution in [-0.4, -0.2) is 27.5 Å². The summed E-state index contributed by atoms with van der Waals surface area (Å²) in [5, 5.41) is 8.36. The van der Waals surface area contributed by atoms with Crippen molar-refractivity contribution in [2.45, 2.75) is 18.6 Å². The molecular formula is C23H19N3O4S. The van der Waals surface area contributed by atoms with Crippen LogP contribution in [0.25, 0.3) is 17.4 Å². The molecule has 0 radical (unpaired) electrons. The molecule has 1 fully saturated rings. The summed E-state index contributed by atoms with van der Waals surface area (Å²) in [6.07, 6.45) is 3.57. The van der Waals surface area contributed by atoms with Crippen molar-refractivity contribution in [3.05, 3.63) is 77.5 Å². The molecule has 156 valence electrons. The molecule has 4 rings (SSSR count). The Labute approximate surface area is 182 Å². The van der Waals surface area contributed by atoms with E-state index in [1.54, 1.807) is 18.2 Å². The monoisotopic (exact) mass is 433 g/mol. The molecule has 3 amide bonds. The number of hydrogen-bond donors (Lipinski definition) is 2. The predicted octanol–water partition coefficient (Wildman–Crippen LogP) is 4.20. The van der Waals surface area contributed by atoms with Gasteiger partial charge in [-0.1, -0.05) is 59.4 Å². The first-order valence-corrected chi connectivity index (χ1v) is 10.5. The number of nitrogens with one attached hydrogen (secondary N) is 2. The molecule has 3 aromatic rings. The highest BCUT2D eigenvalue weighted by Crippen LogP contribution is 2.27. The number of aromatic nitrogens is 1. The minimum absolute atomic E-state index is 0.267. The van der Waals surface area contributed by atoms with Crippen molar-refractivity contribution in [1.29, 1.82) is 0 Å². The van der Waals surface area contributed by atoms with Gasteiger partial charge in [0.25, 0.3) is 5.24 Å². The molecule has 31 heavy (non-hydrogen) atoms. The van der Waals surface area contributed by atoms with Crippen LogP contribution in [0.5, 0.6) is 0 Å². The Kier molecular flexibility index (Phi) is 5.99. The van der Waals surface area contributed by atoms with Gasteiger partial charge in [0.1, 0.15) is 0 Å². The van der Waals surface area contributed by atoms with Gasteiger partial charge in [-0.15, -0.1) is 0 Å². The van der Waals surface area contributed by atoms with Gasteiger partial charge in [0.05, 0.1) is 10.9 Å². The van der Waals surface area contributed by atoms with E-state index < -0.39 is 5.25 Å². The number of carbonyl (C=O) groups is 3. The van der Waals surface area contributed by atoms with Crippen molar-refractivity contribution >= 4 is 40.6 Å². The van der Waals surface area contributed by atoms with E-state index in [1.807, 2.05) is 49.4 Å². The minimum Gasteiger partial charge on any atom is -0.355 e. The second kappa shape index (κ2) is 9.01. The Balaban J connectivity index is 1.39. The SMILES string of the molecule is Cc1noc(-c2ccccc2)c1/C=C/C(=O)Nc1ccc(CC2SC(=O)NC2=O)cc1. The van der Waals surface area contributed by atoms with Gasteiger partial charge in [-0.05, 0) is 37.1 Å². The van der Waals surface area contributed by atoms with Crippen LogP contribution in [0, 0.1) is 6.92 Å². The van der Waals surface area contributed by atoms with Crippen LogP contribution < -0.4 is 10.6 Å². The second-order valence-electron chi connectivity index (χ2n) is 6.98. The van der Waals surface area contributed by atoms with Crippen molar-refractivity contribution in [3.63, 3.8) is 0 Å². The van der Waals surface area contributed by atoms with Gasteiger partial charge in [-0.25, -0.2) is 0 Å². The molecule has 0 aliphatic carbocycles. The Morgan fingerprint density at radius 3 is 2.58 bits per heavy atom. The van der Waals surface area contributed by atoms with E-state index in [0.717, 1.165) is 28.5 Å². The molecule has 1 aliphatic heterocycles. The van der Waals surface area contributed by atoms with Crippen LogP contribution in [0.3, 0.4) is 0 Å². The number of anilines is 1. The number of benzene rings is 2.